The summed E-state index contributed by atoms with van der Waals surface area (Å²) in [6, 6.07) is 8.85. The number of carboxylic acid groups (broad SMARTS) is 1. The Balaban J connectivity index is 1.72. The summed E-state index contributed by atoms with van der Waals surface area (Å²) >= 11 is 2.06. The smallest absolute Gasteiger partial charge is 0.303 e. The van der Waals surface area contributed by atoms with Crippen LogP contribution in [0.15, 0.2) is 24.3 Å². The highest BCUT2D eigenvalue weighted by atomic mass is 32.2. The molecule has 0 aromatic heterocycles. The van der Waals surface area contributed by atoms with Gasteiger partial charge >= 0.3 is 5.97 Å². The summed E-state index contributed by atoms with van der Waals surface area (Å²) in [5.41, 5.74) is 2.67. The molecule has 3 heteroatoms. The molecule has 1 aromatic rings. The minimum Gasteiger partial charge on any atom is -0.481 e. The number of hydrogen-bond donors (Lipinski definition) is 1. The van der Waals surface area contributed by atoms with Gasteiger partial charge in [0.1, 0.15) is 0 Å². The summed E-state index contributed by atoms with van der Waals surface area (Å²) in [7, 11) is 0. The zero-order chi connectivity index (χ0) is 13.9. The van der Waals surface area contributed by atoms with Crippen LogP contribution in [0.25, 0.3) is 0 Å². The van der Waals surface area contributed by atoms with Gasteiger partial charge in [-0.2, -0.15) is 11.8 Å². The highest BCUT2D eigenvalue weighted by Crippen LogP contribution is 2.44. The Morgan fingerprint density at radius 1 is 1.15 bits per heavy atom. The zero-order valence-corrected chi connectivity index (χ0v) is 12.6. The molecule has 1 aliphatic carbocycles. The maximum atomic E-state index is 11.0. The van der Waals surface area contributed by atoms with Crippen molar-refractivity contribution in [2.45, 2.75) is 43.9 Å². The number of hydrogen-bond acceptors (Lipinski definition) is 2. The lowest BCUT2D eigenvalue weighted by Crippen LogP contribution is -2.10. The van der Waals surface area contributed by atoms with Gasteiger partial charge in [-0.15, -0.1) is 0 Å². The molecule has 108 valence electrons. The molecule has 2 fully saturated rings. The van der Waals surface area contributed by atoms with Gasteiger partial charge < -0.3 is 5.11 Å². The van der Waals surface area contributed by atoms with Crippen LogP contribution in [0.2, 0.25) is 0 Å². The number of aliphatic carboxylic acids is 1. The number of thioether (sulfide) groups is 1. The molecule has 1 heterocycles. The van der Waals surface area contributed by atoms with Crippen molar-refractivity contribution in [1.29, 1.82) is 0 Å². The lowest BCUT2D eigenvalue weighted by atomic mass is 9.87. The Kier molecular flexibility index (Phi) is 4.35. The first-order valence-electron chi connectivity index (χ1n) is 7.63. The molecule has 1 unspecified atom stereocenters. The molecule has 1 atom stereocenters. The summed E-state index contributed by atoms with van der Waals surface area (Å²) in [6.07, 6.45) is 5.24. The van der Waals surface area contributed by atoms with Crippen LogP contribution in [0.3, 0.4) is 0 Å². The Bertz CT molecular complexity index is 458. The number of carboxylic acids is 1. The molecule has 1 aromatic carbocycles. The van der Waals surface area contributed by atoms with Crippen LogP contribution in [-0.4, -0.2) is 22.6 Å². The lowest BCUT2D eigenvalue weighted by molar-refractivity contribution is -0.137. The van der Waals surface area contributed by atoms with Gasteiger partial charge in [-0.3, -0.25) is 4.79 Å². The normalized spacial score (nSPS) is 21.6. The van der Waals surface area contributed by atoms with Crippen LogP contribution in [0.5, 0.6) is 0 Å². The van der Waals surface area contributed by atoms with E-state index in [0.29, 0.717) is 11.8 Å². The molecule has 20 heavy (non-hydrogen) atoms. The van der Waals surface area contributed by atoms with E-state index in [-0.39, 0.29) is 12.3 Å². The fourth-order valence-corrected chi connectivity index (χ4v) is 4.40. The highest BCUT2D eigenvalue weighted by Gasteiger charge is 2.33. The van der Waals surface area contributed by atoms with Gasteiger partial charge in [-0.1, -0.05) is 24.3 Å². The van der Waals surface area contributed by atoms with E-state index in [9.17, 15) is 4.79 Å². The minimum absolute atomic E-state index is 0.225. The highest BCUT2D eigenvalue weighted by molar-refractivity contribution is 7.99. The molecule has 1 aliphatic heterocycles. The van der Waals surface area contributed by atoms with Crippen molar-refractivity contribution in [3.63, 3.8) is 0 Å². The zero-order valence-electron chi connectivity index (χ0n) is 11.8. The van der Waals surface area contributed by atoms with Crippen LogP contribution >= 0.6 is 11.8 Å². The predicted octanol–water partition coefficient (Wildman–Crippen LogP) is 4.27. The van der Waals surface area contributed by atoms with E-state index < -0.39 is 5.97 Å². The second kappa shape index (κ2) is 6.21. The van der Waals surface area contributed by atoms with E-state index >= 15 is 0 Å². The van der Waals surface area contributed by atoms with E-state index in [0.717, 1.165) is 0 Å². The first-order valence-corrected chi connectivity index (χ1v) is 8.79. The van der Waals surface area contributed by atoms with Gasteiger partial charge in [0.25, 0.3) is 0 Å². The maximum absolute atomic E-state index is 11.0. The summed E-state index contributed by atoms with van der Waals surface area (Å²) < 4.78 is 0. The van der Waals surface area contributed by atoms with Crippen LogP contribution in [0, 0.1) is 5.92 Å². The van der Waals surface area contributed by atoms with E-state index in [1.54, 1.807) is 0 Å². The number of carbonyl (C=O) groups is 1. The molecule has 1 N–H and O–H groups in total. The largest absolute Gasteiger partial charge is 0.481 e. The van der Waals surface area contributed by atoms with Gasteiger partial charge in [0.2, 0.25) is 0 Å². The Hall–Kier alpha value is -0.960. The monoisotopic (exact) mass is 290 g/mol. The van der Waals surface area contributed by atoms with E-state index in [4.69, 9.17) is 5.11 Å². The molecule has 0 spiro atoms. The van der Waals surface area contributed by atoms with Crippen molar-refractivity contribution in [3.05, 3.63) is 35.4 Å². The van der Waals surface area contributed by atoms with Crippen molar-refractivity contribution < 1.29 is 9.90 Å². The van der Waals surface area contributed by atoms with Crippen molar-refractivity contribution in [2.75, 3.05) is 11.5 Å². The molecular weight excluding hydrogens is 268 g/mol. The summed E-state index contributed by atoms with van der Waals surface area (Å²) in [4.78, 5) is 11.0. The van der Waals surface area contributed by atoms with E-state index in [1.165, 1.54) is 48.3 Å². The van der Waals surface area contributed by atoms with E-state index in [1.807, 2.05) is 0 Å². The van der Waals surface area contributed by atoms with Crippen molar-refractivity contribution in [3.8, 4) is 0 Å². The van der Waals surface area contributed by atoms with Gasteiger partial charge in [-0.25, -0.2) is 0 Å². The fourth-order valence-electron chi connectivity index (χ4n) is 3.29. The van der Waals surface area contributed by atoms with Crippen molar-refractivity contribution >= 4 is 17.7 Å². The second-order valence-electron chi connectivity index (χ2n) is 6.10. The summed E-state index contributed by atoms with van der Waals surface area (Å²) in [6.45, 7) is 0. The Morgan fingerprint density at radius 2 is 1.80 bits per heavy atom. The Morgan fingerprint density at radius 3 is 2.35 bits per heavy atom. The van der Waals surface area contributed by atoms with Crippen LogP contribution < -0.4 is 0 Å². The second-order valence-corrected chi connectivity index (χ2v) is 7.32. The number of benzene rings is 1. The molecular formula is C17H22O2S. The van der Waals surface area contributed by atoms with Crippen LogP contribution in [-0.2, 0) is 4.79 Å². The SMILES string of the molecule is O=C(O)CC(c1ccc(C2CCSCC2)cc1)C1CC1. The molecule has 0 bridgehead atoms. The quantitative estimate of drug-likeness (QED) is 0.880. The molecule has 1 saturated heterocycles. The fraction of sp³-hybridized carbons (Fsp3) is 0.588. The first-order chi connectivity index (χ1) is 9.74. The molecule has 0 radical (unpaired) electrons. The first kappa shape index (κ1) is 14.0. The summed E-state index contributed by atoms with van der Waals surface area (Å²) in [5, 5.41) is 9.08. The van der Waals surface area contributed by atoms with Crippen LogP contribution in [0.1, 0.15) is 55.1 Å². The third-order valence-electron chi connectivity index (χ3n) is 4.64. The third kappa shape index (κ3) is 3.38. The van der Waals surface area contributed by atoms with Crippen molar-refractivity contribution in [1.82, 2.24) is 0 Å². The molecule has 2 nitrogen and oxygen atoms in total. The topological polar surface area (TPSA) is 37.3 Å². The van der Waals surface area contributed by atoms with Gasteiger partial charge in [-0.05, 0) is 66.1 Å². The molecule has 2 aliphatic rings. The summed E-state index contributed by atoms with van der Waals surface area (Å²) in [5.74, 6) is 3.41. The lowest BCUT2D eigenvalue weighted by Gasteiger charge is -2.22. The van der Waals surface area contributed by atoms with Crippen LogP contribution in [0.4, 0.5) is 0 Å². The molecule has 1 saturated carbocycles. The van der Waals surface area contributed by atoms with Gasteiger partial charge in [0, 0.05) is 0 Å². The van der Waals surface area contributed by atoms with E-state index in [2.05, 4.69) is 36.0 Å². The minimum atomic E-state index is -0.671. The maximum Gasteiger partial charge on any atom is 0.303 e. The predicted molar refractivity (Wildman–Crippen MR) is 83.5 cm³/mol. The average molecular weight is 290 g/mol. The molecule has 3 rings (SSSR count). The third-order valence-corrected chi connectivity index (χ3v) is 5.69. The standard InChI is InChI=1S/C17H22O2S/c18-17(19)11-16(15-5-6-15)14-3-1-12(2-4-14)13-7-9-20-10-8-13/h1-4,13,15-16H,5-11H2,(H,18,19). The number of rotatable bonds is 5. The molecule has 0 amide bonds. The van der Waals surface area contributed by atoms with Crippen molar-refractivity contribution in [2.24, 2.45) is 5.92 Å². The Labute approximate surface area is 125 Å². The van der Waals surface area contributed by atoms with Gasteiger partial charge in [0.15, 0.2) is 0 Å². The average Bonchev–Trinajstić information content (AvgIpc) is 3.30. The van der Waals surface area contributed by atoms with Gasteiger partial charge in [0.05, 0.1) is 6.42 Å².